The Balaban J connectivity index is 1.32. The molecule has 2 aromatic carbocycles. The Hall–Kier alpha value is -4.30. The van der Waals surface area contributed by atoms with Crippen molar-refractivity contribution in [1.82, 2.24) is 24.5 Å². The van der Waals surface area contributed by atoms with Gasteiger partial charge in [0.1, 0.15) is 5.82 Å². The SMILES string of the molecule is CN1CCN(c2ccc3[nH]c(-c4ccc(-c5cnn6ccccc56)c5c4C(=O)N=C5)nc3c2)CC1. The molecule has 1 saturated heterocycles. The number of H-pyrrole nitrogens is 1. The third-order valence-corrected chi connectivity index (χ3v) is 7.08. The van der Waals surface area contributed by atoms with Crippen molar-refractivity contribution >= 4 is 34.4 Å². The number of amides is 1. The van der Waals surface area contributed by atoms with Crippen LogP contribution in [0.4, 0.5) is 5.69 Å². The fourth-order valence-corrected chi connectivity index (χ4v) is 5.13. The summed E-state index contributed by atoms with van der Waals surface area (Å²) < 4.78 is 1.83. The van der Waals surface area contributed by atoms with Gasteiger partial charge in [-0.1, -0.05) is 12.1 Å². The molecule has 5 aromatic rings. The maximum Gasteiger partial charge on any atom is 0.278 e. The molecule has 3 aromatic heterocycles. The first-order valence-electron chi connectivity index (χ1n) is 11.8. The van der Waals surface area contributed by atoms with E-state index in [1.165, 1.54) is 5.69 Å². The second kappa shape index (κ2) is 7.61. The number of pyridine rings is 1. The molecular weight excluding hydrogens is 438 g/mol. The standard InChI is InChI=1S/C27H23N7O/c1-32-10-12-33(13-11-32)17-5-8-22-23(14-17)31-26(30-22)19-7-6-18(21-15-28-27(35)25(19)21)20-16-29-34-9-3-2-4-24(20)34/h2-9,14-16H,10-13H2,1H3,(H,30,31). The molecule has 1 amide bonds. The van der Waals surface area contributed by atoms with E-state index >= 15 is 0 Å². The first kappa shape index (κ1) is 20.1. The predicted molar refractivity (Wildman–Crippen MR) is 137 cm³/mol. The number of fused-ring (bicyclic) bond motifs is 3. The van der Waals surface area contributed by atoms with Crippen LogP contribution in [-0.4, -0.2) is 69.8 Å². The number of carbonyl (C=O) groups excluding carboxylic acids is 1. The van der Waals surface area contributed by atoms with Crippen LogP contribution in [0.25, 0.3) is 39.1 Å². The lowest BCUT2D eigenvalue weighted by atomic mass is 9.93. The van der Waals surface area contributed by atoms with Crippen molar-refractivity contribution in [2.45, 2.75) is 0 Å². The molecule has 0 atom stereocenters. The van der Waals surface area contributed by atoms with E-state index in [-0.39, 0.29) is 5.91 Å². The number of aliphatic imine (C=N–C) groups is 1. The average Bonchev–Trinajstić information content (AvgIpc) is 3.60. The van der Waals surface area contributed by atoms with Gasteiger partial charge in [-0.25, -0.2) is 14.5 Å². The van der Waals surface area contributed by atoms with E-state index in [2.05, 4.69) is 50.1 Å². The summed E-state index contributed by atoms with van der Waals surface area (Å²) in [6, 6.07) is 16.3. The number of rotatable bonds is 3. The van der Waals surface area contributed by atoms with Crippen LogP contribution in [0.3, 0.4) is 0 Å². The van der Waals surface area contributed by atoms with Crippen molar-refractivity contribution < 1.29 is 4.79 Å². The lowest BCUT2D eigenvalue weighted by molar-refractivity contribution is 0.101. The van der Waals surface area contributed by atoms with Crippen molar-refractivity contribution in [2.24, 2.45) is 4.99 Å². The first-order chi connectivity index (χ1) is 17.2. The molecule has 2 aliphatic heterocycles. The van der Waals surface area contributed by atoms with Gasteiger partial charge in [-0.05, 0) is 49.0 Å². The second-order valence-electron chi connectivity index (χ2n) is 9.18. The van der Waals surface area contributed by atoms with E-state index in [1.807, 2.05) is 47.2 Å². The predicted octanol–water partition coefficient (Wildman–Crippen LogP) is 3.87. The molecule has 0 spiro atoms. The Labute approximate surface area is 201 Å². The third-order valence-electron chi connectivity index (χ3n) is 7.08. The Morgan fingerprint density at radius 2 is 1.80 bits per heavy atom. The minimum Gasteiger partial charge on any atom is -0.369 e. The molecule has 0 radical (unpaired) electrons. The highest BCUT2D eigenvalue weighted by molar-refractivity contribution is 6.19. The van der Waals surface area contributed by atoms with E-state index in [4.69, 9.17) is 4.98 Å². The van der Waals surface area contributed by atoms with Crippen LogP contribution >= 0.6 is 0 Å². The normalized spacial score (nSPS) is 16.0. The quantitative estimate of drug-likeness (QED) is 0.441. The summed E-state index contributed by atoms with van der Waals surface area (Å²) >= 11 is 0. The molecule has 0 saturated carbocycles. The summed E-state index contributed by atoms with van der Waals surface area (Å²) in [6.45, 7) is 4.11. The fraction of sp³-hybridized carbons (Fsp3) is 0.185. The smallest absolute Gasteiger partial charge is 0.278 e. The van der Waals surface area contributed by atoms with Crippen molar-refractivity contribution in [1.29, 1.82) is 0 Å². The van der Waals surface area contributed by atoms with E-state index in [0.717, 1.165) is 65.0 Å². The van der Waals surface area contributed by atoms with E-state index in [9.17, 15) is 4.79 Å². The zero-order valence-electron chi connectivity index (χ0n) is 19.3. The molecule has 0 unspecified atom stereocenters. The molecule has 1 N–H and O–H groups in total. The minimum absolute atomic E-state index is 0.244. The van der Waals surface area contributed by atoms with Gasteiger partial charge in [-0.3, -0.25) is 4.79 Å². The zero-order valence-corrected chi connectivity index (χ0v) is 19.3. The van der Waals surface area contributed by atoms with Crippen LogP contribution in [0, 0.1) is 0 Å². The van der Waals surface area contributed by atoms with Crippen LogP contribution < -0.4 is 4.90 Å². The molecule has 8 nitrogen and oxygen atoms in total. The number of nitrogens with one attached hydrogen (secondary N) is 1. The molecule has 0 bridgehead atoms. The number of piperazine rings is 1. The van der Waals surface area contributed by atoms with Gasteiger partial charge in [0.05, 0.1) is 28.3 Å². The Kier molecular flexibility index (Phi) is 4.37. The van der Waals surface area contributed by atoms with Crippen molar-refractivity contribution in [3.63, 3.8) is 0 Å². The number of carbonyl (C=O) groups is 1. The lowest BCUT2D eigenvalue weighted by Gasteiger charge is -2.34. The number of imidazole rings is 1. The molecule has 8 heteroatoms. The summed E-state index contributed by atoms with van der Waals surface area (Å²) in [5, 5.41) is 4.46. The number of likely N-dealkylation sites (N-methyl/N-ethyl adjacent to an activating group) is 1. The third kappa shape index (κ3) is 3.18. The molecular formula is C27H23N7O. The van der Waals surface area contributed by atoms with Gasteiger partial charge in [-0.2, -0.15) is 5.10 Å². The number of nitrogens with zero attached hydrogens (tertiary/aromatic N) is 6. The van der Waals surface area contributed by atoms with Crippen LogP contribution in [0.1, 0.15) is 15.9 Å². The highest BCUT2D eigenvalue weighted by atomic mass is 16.1. The topological polar surface area (TPSA) is 81.9 Å². The number of hydrogen-bond acceptors (Lipinski definition) is 5. The molecule has 0 aliphatic carbocycles. The minimum atomic E-state index is -0.244. The average molecular weight is 462 g/mol. The molecule has 1 fully saturated rings. The Morgan fingerprint density at radius 1 is 0.943 bits per heavy atom. The maximum atomic E-state index is 12.9. The molecule has 172 valence electrons. The van der Waals surface area contributed by atoms with Crippen LogP contribution in [0.2, 0.25) is 0 Å². The summed E-state index contributed by atoms with van der Waals surface area (Å²) in [5.74, 6) is 0.434. The van der Waals surface area contributed by atoms with E-state index in [1.54, 1.807) is 6.21 Å². The largest absolute Gasteiger partial charge is 0.369 e. The molecule has 5 heterocycles. The molecule has 7 rings (SSSR count). The zero-order chi connectivity index (χ0) is 23.5. The van der Waals surface area contributed by atoms with Crippen molar-refractivity contribution in [3.05, 3.63) is 72.1 Å². The van der Waals surface area contributed by atoms with Gasteiger partial charge in [0, 0.05) is 61.0 Å². The van der Waals surface area contributed by atoms with E-state index in [0.29, 0.717) is 11.4 Å². The first-order valence-corrected chi connectivity index (χ1v) is 11.8. The Bertz CT molecular complexity index is 1650. The summed E-state index contributed by atoms with van der Waals surface area (Å²) in [5.41, 5.74) is 8.06. The molecule has 2 aliphatic rings. The van der Waals surface area contributed by atoms with Gasteiger partial charge in [0.2, 0.25) is 0 Å². The van der Waals surface area contributed by atoms with E-state index < -0.39 is 0 Å². The number of hydrogen-bond donors (Lipinski definition) is 1. The van der Waals surface area contributed by atoms with Crippen LogP contribution in [0.15, 0.2) is 65.9 Å². The van der Waals surface area contributed by atoms with Gasteiger partial charge in [0.15, 0.2) is 0 Å². The van der Waals surface area contributed by atoms with Crippen LogP contribution in [-0.2, 0) is 0 Å². The highest BCUT2D eigenvalue weighted by Gasteiger charge is 2.26. The maximum absolute atomic E-state index is 12.9. The lowest BCUT2D eigenvalue weighted by Crippen LogP contribution is -2.44. The van der Waals surface area contributed by atoms with Gasteiger partial charge < -0.3 is 14.8 Å². The van der Waals surface area contributed by atoms with Crippen LogP contribution in [0.5, 0.6) is 0 Å². The summed E-state index contributed by atoms with van der Waals surface area (Å²) in [6.07, 6.45) is 5.41. The summed E-state index contributed by atoms with van der Waals surface area (Å²) in [7, 11) is 2.16. The number of benzene rings is 2. The van der Waals surface area contributed by atoms with Gasteiger partial charge >= 0.3 is 0 Å². The Morgan fingerprint density at radius 3 is 2.69 bits per heavy atom. The van der Waals surface area contributed by atoms with Crippen molar-refractivity contribution in [3.8, 4) is 22.5 Å². The second-order valence-corrected chi connectivity index (χ2v) is 9.18. The summed E-state index contributed by atoms with van der Waals surface area (Å²) in [4.78, 5) is 30.1. The number of aromatic amines is 1. The number of anilines is 1. The van der Waals surface area contributed by atoms with Gasteiger partial charge in [-0.15, -0.1) is 0 Å². The highest BCUT2D eigenvalue weighted by Crippen LogP contribution is 2.37. The fourth-order valence-electron chi connectivity index (χ4n) is 5.13. The molecule has 35 heavy (non-hydrogen) atoms. The van der Waals surface area contributed by atoms with Gasteiger partial charge in [0.25, 0.3) is 5.91 Å². The van der Waals surface area contributed by atoms with Crippen molar-refractivity contribution in [2.75, 3.05) is 38.1 Å². The number of aromatic nitrogens is 4. The monoisotopic (exact) mass is 461 g/mol.